The van der Waals surface area contributed by atoms with Gasteiger partial charge in [-0.1, -0.05) is 0 Å². The summed E-state index contributed by atoms with van der Waals surface area (Å²) >= 11 is -0.208. The molecule has 0 N–H and O–H groups in total. The van der Waals surface area contributed by atoms with Crippen molar-refractivity contribution in [3.05, 3.63) is 39.7 Å². The Morgan fingerprint density at radius 1 is 1.19 bits per heavy atom. The maximum absolute atomic E-state index is 6.61. The van der Waals surface area contributed by atoms with Gasteiger partial charge in [-0.05, 0) is 0 Å². The molecule has 1 aromatic rings. The van der Waals surface area contributed by atoms with Crippen LogP contribution < -0.4 is 0 Å². The molecule has 0 aromatic heterocycles. The Hall–Kier alpha value is -0.234. The Morgan fingerprint density at radius 2 is 1.81 bits per heavy atom. The van der Waals surface area contributed by atoms with E-state index in [-0.39, 0.29) is 26.0 Å². The fourth-order valence-electron chi connectivity index (χ4n) is 1.51. The van der Waals surface area contributed by atoms with Crippen LogP contribution in [0.4, 0.5) is 0 Å². The van der Waals surface area contributed by atoms with Gasteiger partial charge in [-0.2, -0.15) is 0 Å². The monoisotopic (exact) mass is 420 g/mol. The number of benzene rings is 1. The Labute approximate surface area is 142 Å². The van der Waals surface area contributed by atoms with Gasteiger partial charge in [0.2, 0.25) is 0 Å². The zero-order chi connectivity index (χ0) is 15.9. The molecule has 0 saturated heterocycles. The molecule has 0 atom stereocenters. The van der Waals surface area contributed by atoms with Crippen molar-refractivity contribution < 1.29 is 4.43 Å². The van der Waals surface area contributed by atoms with Gasteiger partial charge in [0, 0.05) is 0 Å². The molecule has 0 radical (unpaired) electrons. The predicted octanol–water partition coefficient (Wildman–Crippen LogP) is 5.93. The summed E-state index contributed by atoms with van der Waals surface area (Å²) in [6, 6.07) is 10.6. The van der Waals surface area contributed by atoms with Crippen LogP contribution in [0.25, 0.3) is 6.08 Å². The van der Waals surface area contributed by atoms with Gasteiger partial charge in [0.25, 0.3) is 0 Å². The van der Waals surface area contributed by atoms with Crippen LogP contribution in [-0.4, -0.2) is 29.2 Å². The first kappa shape index (κ1) is 18.8. The van der Waals surface area contributed by atoms with E-state index in [2.05, 4.69) is 77.2 Å². The van der Waals surface area contributed by atoms with Gasteiger partial charge in [-0.25, -0.2) is 0 Å². The summed E-state index contributed by atoms with van der Waals surface area (Å²) < 4.78 is 9.25. The van der Waals surface area contributed by atoms with Gasteiger partial charge >= 0.3 is 143 Å². The summed E-state index contributed by atoms with van der Waals surface area (Å²) in [4.78, 5) is 0. The van der Waals surface area contributed by atoms with Gasteiger partial charge in [0.05, 0.1) is 0 Å². The second-order valence-electron chi connectivity index (χ2n) is 6.94. The third kappa shape index (κ3) is 6.59. The van der Waals surface area contributed by atoms with Crippen LogP contribution in [0.15, 0.2) is 34.1 Å². The summed E-state index contributed by atoms with van der Waals surface area (Å²) in [5.41, 5.74) is 1.27. The van der Waals surface area contributed by atoms with Crippen molar-refractivity contribution in [3.63, 3.8) is 0 Å². The number of rotatable bonds is 7. The summed E-state index contributed by atoms with van der Waals surface area (Å²) in [5, 5.41) is 0.264. The molecule has 3 heteroatoms. The minimum atomic E-state index is -1.72. The summed E-state index contributed by atoms with van der Waals surface area (Å²) in [5.74, 6) is 0. The fourth-order valence-corrected chi connectivity index (χ4v) is 7.16. The molecule has 0 aliphatic rings. The summed E-state index contributed by atoms with van der Waals surface area (Å²) in [6.45, 7) is 13.9. The zero-order valence-corrected chi connectivity index (χ0v) is 17.7. The van der Waals surface area contributed by atoms with Crippen molar-refractivity contribution in [2.45, 2.75) is 63.1 Å². The van der Waals surface area contributed by atoms with Crippen molar-refractivity contribution in [2.75, 3.05) is 0 Å². The first-order chi connectivity index (χ1) is 9.76. The van der Waals surface area contributed by atoms with Gasteiger partial charge in [0.15, 0.2) is 0 Å². The third-order valence-electron chi connectivity index (χ3n) is 3.99. The van der Waals surface area contributed by atoms with Gasteiger partial charge in [-0.15, -0.1) is 0 Å². The quantitative estimate of drug-likeness (QED) is 0.303. The average Bonchev–Trinajstić information content (AvgIpc) is 2.38. The van der Waals surface area contributed by atoms with E-state index in [9.17, 15) is 0 Å². The Bertz CT molecular complexity index is 446. The van der Waals surface area contributed by atoms with Crippen LogP contribution >= 0.6 is 0 Å². The van der Waals surface area contributed by atoms with Crippen molar-refractivity contribution in [3.8, 4) is 0 Å². The van der Waals surface area contributed by atoms with Crippen LogP contribution in [0.1, 0.15) is 46.1 Å². The molecule has 1 aromatic carbocycles. The van der Waals surface area contributed by atoms with Crippen molar-refractivity contribution >= 4 is 35.3 Å². The summed E-state index contributed by atoms with van der Waals surface area (Å²) in [6.07, 6.45) is 4.90. The number of hydrogen-bond donors (Lipinski definition) is 0. The molecule has 0 heterocycles. The first-order valence-corrected chi connectivity index (χ1v) is 13.6. The average molecular weight is 418 g/mol. The van der Waals surface area contributed by atoms with Gasteiger partial charge in [-0.3, -0.25) is 0 Å². The van der Waals surface area contributed by atoms with E-state index in [0.717, 1.165) is 0 Å². The zero-order valence-electron chi connectivity index (χ0n) is 14.4. The van der Waals surface area contributed by atoms with Crippen LogP contribution in [0.5, 0.6) is 0 Å². The molecule has 0 bridgehead atoms. The standard InChI is InChI=1S/C18H30OSiTe/c1-7-8-14-21-17(15-16-12-10-9-11-13-16)19-20(5,6)18(2,3)4/h9-13,15H,7-8,14H2,1-6H3/b17-15-. The second-order valence-corrected chi connectivity index (χ2v) is 14.8. The van der Waals surface area contributed by atoms with E-state index in [1.807, 2.05) is 0 Å². The van der Waals surface area contributed by atoms with E-state index in [1.54, 1.807) is 0 Å². The molecular formula is C18H30OSiTe. The van der Waals surface area contributed by atoms with E-state index in [4.69, 9.17) is 4.43 Å². The molecule has 21 heavy (non-hydrogen) atoms. The Morgan fingerprint density at radius 3 is 2.33 bits per heavy atom. The van der Waals surface area contributed by atoms with Crippen molar-refractivity contribution in [1.29, 1.82) is 0 Å². The van der Waals surface area contributed by atoms with E-state index in [1.165, 1.54) is 26.7 Å². The van der Waals surface area contributed by atoms with Gasteiger partial charge < -0.3 is 0 Å². The van der Waals surface area contributed by atoms with E-state index < -0.39 is 8.32 Å². The Balaban J connectivity index is 2.90. The molecule has 0 aliphatic carbocycles. The number of hydrogen-bond acceptors (Lipinski definition) is 1. The molecule has 1 nitrogen and oxygen atoms in total. The maximum atomic E-state index is 6.61. The van der Waals surface area contributed by atoms with Gasteiger partial charge in [0.1, 0.15) is 0 Å². The molecule has 0 fully saturated rings. The molecule has 1 rings (SSSR count). The molecule has 118 valence electrons. The first-order valence-electron chi connectivity index (χ1n) is 7.85. The fraction of sp³-hybridized carbons (Fsp3) is 0.556. The molecule has 0 spiro atoms. The third-order valence-corrected chi connectivity index (χ3v) is 11.6. The predicted molar refractivity (Wildman–Crippen MR) is 98.2 cm³/mol. The normalized spacial score (nSPS) is 13.3. The van der Waals surface area contributed by atoms with E-state index >= 15 is 0 Å². The minimum absolute atomic E-state index is 0.208. The Kier molecular flexibility index (Phi) is 7.54. The summed E-state index contributed by atoms with van der Waals surface area (Å²) in [7, 11) is -1.72. The van der Waals surface area contributed by atoms with E-state index in [0.29, 0.717) is 0 Å². The van der Waals surface area contributed by atoms with Crippen LogP contribution in [0.2, 0.25) is 22.6 Å². The second kappa shape index (κ2) is 8.41. The number of unbranched alkanes of at least 4 members (excludes halogenated alkanes) is 1. The topological polar surface area (TPSA) is 9.23 Å². The van der Waals surface area contributed by atoms with Crippen molar-refractivity contribution in [2.24, 2.45) is 0 Å². The van der Waals surface area contributed by atoms with Crippen LogP contribution in [-0.2, 0) is 4.43 Å². The molecule has 0 amide bonds. The molecular weight excluding hydrogens is 388 g/mol. The molecule has 0 aliphatic heterocycles. The molecule has 0 unspecified atom stereocenters. The SMILES string of the molecule is CCCC[Te]/C(=C\c1ccccc1)O[Si](C)(C)C(C)(C)C. The van der Waals surface area contributed by atoms with Crippen LogP contribution in [0.3, 0.4) is 0 Å². The molecule has 0 saturated carbocycles. The van der Waals surface area contributed by atoms with Crippen LogP contribution in [0, 0.1) is 0 Å². The van der Waals surface area contributed by atoms with Crippen molar-refractivity contribution in [1.82, 2.24) is 0 Å².